The van der Waals surface area contributed by atoms with E-state index in [1.807, 2.05) is 0 Å². The quantitative estimate of drug-likeness (QED) is 0.593. The van der Waals surface area contributed by atoms with Gasteiger partial charge in [0.05, 0.1) is 12.0 Å². The van der Waals surface area contributed by atoms with Gasteiger partial charge in [-0.05, 0) is 32.4 Å². The van der Waals surface area contributed by atoms with E-state index in [-0.39, 0.29) is 5.97 Å². The Morgan fingerprint density at radius 3 is 2.44 bits per heavy atom. The highest BCUT2D eigenvalue weighted by molar-refractivity contribution is 6.36. The van der Waals surface area contributed by atoms with Gasteiger partial charge in [-0.25, -0.2) is 0 Å². The van der Waals surface area contributed by atoms with Crippen molar-refractivity contribution < 1.29 is 9.53 Å². The SMILES string of the molecule is C=CCC(C)(C(=O)OCC)c1c(Cl)cccc1Cl. The van der Waals surface area contributed by atoms with Crippen LogP contribution < -0.4 is 0 Å². The average molecular weight is 287 g/mol. The summed E-state index contributed by atoms with van der Waals surface area (Å²) in [7, 11) is 0. The molecule has 4 heteroatoms. The number of hydrogen-bond donors (Lipinski definition) is 0. The molecule has 0 aliphatic heterocycles. The molecule has 1 rings (SSSR count). The second kappa shape index (κ2) is 6.26. The highest BCUT2D eigenvalue weighted by atomic mass is 35.5. The first-order valence-corrected chi connectivity index (χ1v) is 6.45. The van der Waals surface area contributed by atoms with Crippen molar-refractivity contribution in [3.63, 3.8) is 0 Å². The predicted molar refractivity (Wildman–Crippen MR) is 75.3 cm³/mol. The van der Waals surface area contributed by atoms with Gasteiger partial charge in [0.25, 0.3) is 0 Å². The summed E-state index contributed by atoms with van der Waals surface area (Å²) in [5.74, 6) is -0.347. The van der Waals surface area contributed by atoms with Crippen molar-refractivity contribution in [2.75, 3.05) is 6.61 Å². The van der Waals surface area contributed by atoms with Crippen LogP contribution >= 0.6 is 23.2 Å². The van der Waals surface area contributed by atoms with Crippen molar-refractivity contribution in [2.45, 2.75) is 25.7 Å². The maximum absolute atomic E-state index is 12.2. The Hall–Kier alpha value is -0.990. The summed E-state index contributed by atoms with van der Waals surface area (Å²) >= 11 is 12.3. The normalized spacial score (nSPS) is 13.8. The third-order valence-corrected chi connectivity index (χ3v) is 3.42. The first-order valence-electron chi connectivity index (χ1n) is 5.70. The lowest BCUT2D eigenvalue weighted by atomic mass is 9.79. The summed E-state index contributed by atoms with van der Waals surface area (Å²) in [5.41, 5.74) is -0.320. The molecule has 0 saturated heterocycles. The third-order valence-electron chi connectivity index (χ3n) is 2.79. The van der Waals surface area contributed by atoms with Gasteiger partial charge in [0.1, 0.15) is 0 Å². The lowest BCUT2D eigenvalue weighted by Crippen LogP contribution is -2.34. The van der Waals surface area contributed by atoms with E-state index < -0.39 is 5.41 Å². The Kier molecular flexibility index (Phi) is 5.24. The van der Waals surface area contributed by atoms with Crippen LogP contribution in [0.4, 0.5) is 0 Å². The van der Waals surface area contributed by atoms with E-state index in [1.165, 1.54) is 0 Å². The van der Waals surface area contributed by atoms with Crippen LogP contribution in [0.25, 0.3) is 0 Å². The second-order valence-electron chi connectivity index (χ2n) is 4.14. The number of esters is 1. The number of carbonyl (C=O) groups is 1. The molecule has 0 heterocycles. The lowest BCUT2D eigenvalue weighted by molar-refractivity contribution is -0.149. The summed E-state index contributed by atoms with van der Waals surface area (Å²) in [6.45, 7) is 7.52. The van der Waals surface area contributed by atoms with Crippen LogP contribution in [0.15, 0.2) is 30.9 Å². The highest BCUT2D eigenvalue weighted by Gasteiger charge is 2.38. The van der Waals surface area contributed by atoms with Crippen LogP contribution in [0.2, 0.25) is 10.0 Å². The van der Waals surface area contributed by atoms with Crippen LogP contribution in [0.3, 0.4) is 0 Å². The average Bonchev–Trinajstić information content (AvgIpc) is 2.29. The minimum atomic E-state index is -0.910. The van der Waals surface area contributed by atoms with Gasteiger partial charge in [0.15, 0.2) is 0 Å². The monoisotopic (exact) mass is 286 g/mol. The summed E-state index contributed by atoms with van der Waals surface area (Å²) in [4.78, 5) is 12.2. The zero-order valence-electron chi connectivity index (χ0n) is 10.5. The smallest absolute Gasteiger partial charge is 0.316 e. The molecule has 0 amide bonds. The van der Waals surface area contributed by atoms with Crippen LogP contribution in [0.1, 0.15) is 25.8 Å². The maximum atomic E-state index is 12.2. The molecule has 2 nitrogen and oxygen atoms in total. The topological polar surface area (TPSA) is 26.3 Å². The van der Waals surface area contributed by atoms with Gasteiger partial charge < -0.3 is 4.74 Å². The largest absolute Gasteiger partial charge is 0.465 e. The summed E-state index contributed by atoms with van der Waals surface area (Å²) in [6.07, 6.45) is 2.08. The van der Waals surface area contributed by atoms with E-state index in [9.17, 15) is 4.79 Å². The Morgan fingerprint density at radius 1 is 1.44 bits per heavy atom. The first kappa shape index (κ1) is 15.1. The Balaban J connectivity index is 3.35. The fourth-order valence-electron chi connectivity index (χ4n) is 1.89. The number of allylic oxidation sites excluding steroid dienone is 1. The summed E-state index contributed by atoms with van der Waals surface area (Å²) in [5, 5.41) is 0.916. The van der Waals surface area contributed by atoms with Crippen LogP contribution in [-0.2, 0) is 14.9 Å². The Morgan fingerprint density at radius 2 is 2.00 bits per heavy atom. The number of hydrogen-bond acceptors (Lipinski definition) is 2. The molecule has 98 valence electrons. The van der Waals surface area contributed by atoms with E-state index in [2.05, 4.69) is 6.58 Å². The fraction of sp³-hybridized carbons (Fsp3) is 0.357. The van der Waals surface area contributed by atoms with Crippen molar-refractivity contribution in [2.24, 2.45) is 0 Å². The standard InChI is InChI=1S/C14H16Cl2O2/c1-4-9-14(3,13(17)18-5-2)12-10(15)7-6-8-11(12)16/h4,6-8H,1,5,9H2,2-3H3. The molecule has 0 spiro atoms. The van der Waals surface area contributed by atoms with E-state index in [4.69, 9.17) is 27.9 Å². The van der Waals surface area contributed by atoms with Gasteiger partial charge in [-0.3, -0.25) is 4.79 Å². The van der Waals surface area contributed by atoms with Crippen molar-refractivity contribution >= 4 is 29.2 Å². The molecular weight excluding hydrogens is 271 g/mol. The van der Waals surface area contributed by atoms with Crippen LogP contribution in [-0.4, -0.2) is 12.6 Å². The van der Waals surface area contributed by atoms with Crippen molar-refractivity contribution in [1.29, 1.82) is 0 Å². The van der Waals surface area contributed by atoms with Crippen LogP contribution in [0.5, 0.6) is 0 Å². The molecule has 0 aromatic heterocycles. The number of carbonyl (C=O) groups excluding carboxylic acids is 1. The number of benzene rings is 1. The van der Waals surface area contributed by atoms with E-state index in [0.29, 0.717) is 28.6 Å². The summed E-state index contributed by atoms with van der Waals surface area (Å²) < 4.78 is 5.12. The van der Waals surface area contributed by atoms with Crippen LogP contribution in [0, 0.1) is 0 Å². The molecule has 0 aliphatic carbocycles. The molecule has 0 bridgehead atoms. The second-order valence-corrected chi connectivity index (χ2v) is 4.96. The van der Waals surface area contributed by atoms with Crippen molar-refractivity contribution in [3.05, 3.63) is 46.5 Å². The molecule has 0 N–H and O–H groups in total. The zero-order valence-corrected chi connectivity index (χ0v) is 12.0. The number of halogens is 2. The number of ether oxygens (including phenoxy) is 1. The Bertz CT molecular complexity index is 437. The maximum Gasteiger partial charge on any atom is 0.316 e. The van der Waals surface area contributed by atoms with Gasteiger partial charge >= 0.3 is 5.97 Å². The van der Waals surface area contributed by atoms with Gasteiger partial charge in [-0.2, -0.15) is 0 Å². The number of rotatable bonds is 5. The van der Waals surface area contributed by atoms with Gasteiger partial charge in [0, 0.05) is 15.6 Å². The molecular formula is C14H16Cl2O2. The van der Waals surface area contributed by atoms with Gasteiger partial charge in [0.2, 0.25) is 0 Å². The molecule has 0 saturated carbocycles. The lowest BCUT2D eigenvalue weighted by Gasteiger charge is -2.28. The molecule has 1 aromatic carbocycles. The summed E-state index contributed by atoms with van der Waals surface area (Å²) in [6, 6.07) is 5.17. The molecule has 1 atom stereocenters. The molecule has 1 unspecified atom stereocenters. The molecule has 0 radical (unpaired) electrons. The van der Waals surface area contributed by atoms with Crippen molar-refractivity contribution in [1.82, 2.24) is 0 Å². The van der Waals surface area contributed by atoms with E-state index in [1.54, 1.807) is 38.1 Å². The minimum absolute atomic E-state index is 0.313. The molecule has 1 aromatic rings. The molecule has 0 fully saturated rings. The zero-order chi connectivity index (χ0) is 13.8. The van der Waals surface area contributed by atoms with E-state index in [0.717, 1.165) is 0 Å². The third kappa shape index (κ3) is 2.88. The van der Waals surface area contributed by atoms with Gasteiger partial charge in [-0.1, -0.05) is 35.3 Å². The van der Waals surface area contributed by atoms with E-state index >= 15 is 0 Å². The first-order chi connectivity index (χ1) is 8.47. The van der Waals surface area contributed by atoms with Gasteiger partial charge in [-0.15, -0.1) is 6.58 Å². The minimum Gasteiger partial charge on any atom is -0.465 e. The van der Waals surface area contributed by atoms with Crippen molar-refractivity contribution in [3.8, 4) is 0 Å². The molecule has 18 heavy (non-hydrogen) atoms. The highest BCUT2D eigenvalue weighted by Crippen LogP contribution is 2.39. The predicted octanol–water partition coefficient (Wildman–Crippen LogP) is 4.39. The fourth-order valence-corrected chi connectivity index (χ4v) is 2.71. The molecule has 0 aliphatic rings. The Labute approximate surface area is 118 Å².